The fraction of sp³-hybridized carbons (Fsp3) is 0.947. The number of aliphatic hydroxyl groups excluding tert-OH is 2. The molecule has 2 saturated heterocycles. The van der Waals surface area contributed by atoms with Gasteiger partial charge >= 0.3 is 6.09 Å². The summed E-state index contributed by atoms with van der Waals surface area (Å²) in [7, 11) is 0. The van der Waals surface area contributed by atoms with Crippen molar-refractivity contribution in [2.75, 3.05) is 19.6 Å². The summed E-state index contributed by atoms with van der Waals surface area (Å²) in [5, 5.41) is 20.7. The highest BCUT2D eigenvalue weighted by Gasteiger charge is 2.43. The lowest BCUT2D eigenvalue weighted by Crippen LogP contribution is -2.57. The van der Waals surface area contributed by atoms with Crippen LogP contribution in [0.2, 0.25) is 0 Å². The number of fused-ring (bicyclic) bond motifs is 1. The van der Waals surface area contributed by atoms with E-state index in [0.717, 1.165) is 45.1 Å². The van der Waals surface area contributed by atoms with Gasteiger partial charge in [-0.2, -0.15) is 0 Å². The molecule has 1 saturated carbocycles. The van der Waals surface area contributed by atoms with Gasteiger partial charge in [-0.25, -0.2) is 4.79 Å². The van der Waals surface area contributed by atoms with Crippen LogP contribution in [0.5, 0.6) is 0 Å². The van der Waals surface area contributed by atoms with Gasteiger partial charge in [0.25, 0.3) is 0 Å². The third kappa shape index (κ3) is 4.47. The van der Waals surface area contributed by atoms with Crippen LogP contribution < -0.4 is 0 Å². The lowest BCUT2D eigenvalue weighted by atomic mass is 9.72. The lowest BCUT2D eigenvalue weighted by molar-refractivity contribution is -0.136. The number of nitrogens with zero attached hydrogens (tertiary/aromatic N) is 2. The number of likely N-dealkylation sites (tertiary alicyclic amines) is 2. The van der Waals surface area contributed by atoms with Crippen molar-refractivity contribution < 1.29 is 19.7 Å². The summed E-state index contributed by atoms with van der Waals surface area (Å²) in [6.07, 6.45) is 4.58. The highest BCUT2D eigenvalue weighted by Crippen LogP contribution is 2.40. The fourth-order valence-electron chi connectivity index (χ4n) is 4.79. The first kappa shape index (κ1) is 18.9. The van der Waals surface area contributed by atoms with Crippen molar-refractivity contribution in [2.24, 2.45) is 11.8 Å². The molecule has 144 valence electrons. The first-order chi connectivity index (χ1) is 11.7. The average molecular weight is 354 g/mol. The van der Waals surface area contributed by atoms with Gasteiger partial charge in [0, 0.05) is 31.6 Å². The summed E-state index contributed by atoms with van der Waals surface area (Å²) in [6, 6.07) is 0.335. The van der Waals surface area contributed by atoms with Crippen LogP contribution in [0.3, 0.4) is 0 Å². The molecule has 2 N–H and O–H groups in total. The summed E-state index contributed by atoms with van der Waals surface area (Å²) >= 11 is 0. The van der Waals surface area contributed by atoms with Gasteiger partial charge in [-0.05, 0) is 65.2 Å². The number of carbonyl (C=O) groups is 1. The van der Waals surface area contributed by atoms with Gasteiger partial charge in [0.2, 0.25) is 0 Å². The first-order valence-corrected chi connectivity index (χ1v) is 9.84. The van der Waals surface area contributed by atoms with Crippen LogP contribution in [0, 0.1) is 11.8 Å². The molecule has 4 atom stereocenters. The van der Waals surface area contributed by atoms with E-state index in [1.165, 1.54) is 0 Å². The van der Waals surface area contributed by atoms with E-state index < -0.39 is 11.8 Å². The average Bonchev–Trinajstić information content (AvgIpc) is 2.53. The Labute approximate surface area is 151 Å². The molecule has 0 aromatic heterocycles. The Balaban J connectivity index is 1.52. The number of hydrogen-bond acceptors (Lipinski definition) is 5. The smallest absolute Gasteiger partial charge is 0.410 e. The van der Waals surface area contributed by atoms with E-state index in [1.54, 1.807) is 4.90 Å². The molecule has 25 heavy (non-hydrogen) atoms. The molecule has 0 bridgehead atoms. The zero-order valence-electron chi connectivity index (χ0n) is 15.9. The minimum atomic E-state index is -0.461. The number of hydrogen-bond donors (Lipinski definition) is 2. The van der Waals surface area contributed by atoms with E-state index in [9.17, 15) is 15.0 Å². The number of aliphatic hydroxyl groups is 2. The van der Waals surface area contributed by atoms with Gasteiger partial charge < -0.3 is 19.8 Å². The van der Waals surface area contributed by atoms with E-state index in [0.29, 0.717) is 31.0 Å². The van der Waals surface area contributed by atoms with E-state index in [4.69, 9.17) is 4.74 Å². The molecular formula is C19H34N2O4. The quantitative estimate of drug-likeness (QED) is 0.755. The van der Waals surface area contributed by atoms with Crippen molar-refractivity contribution >= 4 is 6.09 Å². The molecule has 6 nitrogen and oxygen atoms in total. The van der Waals surface area contributed by atoms with Gasteiger partial charge in [0.05, 0.1) is 6.10 Å². The number of ether oxygens (including phenoxy) is 1. The highest BCUT2D eigenvalue weighted by molar-refractivity contribution is 5.68. The van der Waals surface area contributed by atoms with E-state index in [2.05, 4.69) is 4.90 Å². The van der Waals surface area contributed by atoms with Crippen LogP contribution in [0.4, 0.5) is 4.79 Å². The maximum Gasteiger partial charge on any atom is 0.410 e. The molecule has 3 aliphatic rings. The number of rotatable bonds is 1. The van der Waals surface area contributed by atoms with E-state index in [1.807, 2.05) is 20.8 Å². The lowest BCUT2D eigenvalue weighted by Gasteiger charge is -2.50. The second kappa shape index (κ2) is 7.41. The summed E-state index contributed by atoms with van der Waals surface area (Å²) in [5.41, 5.74) is -0.461. The van der Waals surface area contributed by atoms with Gasteiger partial charge in [-0.1, -0.05) is 0 Å². The SMILES string of the molecule is CC(C)(C)OC(=O)N1CCC(N2CCC3CC(O)CCC3C2O)CC1. The van der Waals surface area contributed by atoms with E-state index >= 15 is 0 Å². The predicted molar refractivity (Wildman–Crippen MR) is 95.0 cm³/mol. The van der Waals surface area contributed by atoms with Crippen LogP contribution in [-0.4, -0.2) is 69.7 Å². The third-order valence-electron chi connectivity index (χ3n) is 6.08. The summed E-state index contributed by atoms with van der Waals surface area (Å²) in [4.78, 5) is 16.2. The monoisotopic (exact) mass is 354 g/mol. The molecule has 0 spiro atoms. The Bertz CT molecular complexity index is 471. The molecule has 2 heterocycles. The molecule has 0 aromatic carbocycles. The molecule has 3 rings (SSSR count). The molecule has 3 fully saturated rings. The van der Waals surface area contributed by atoms with Gasteiger partial charge in [0.15, 0.2) is 0 Å². The van der Waals surface area contributed by atoms with Crippen molar-refractivity contribution in [3.05, 3.63) is 0 Å². The normalized spacial score (nSPS) is 35.3. The Morgan fingerprint density at radius 1 is 1.00 bits per heavy atom. The second-order valence-electron chi connectivity index (χ2n) is 9.03. The summed E-state index contributed by atoms with van der Waals surface area (Å²) < 4.78 is 5.46. The van der Waals surface area contributed by atoms with E-state index in [-0.39, 0.29) is 12.2 Å². The number of carbonyl (C=O) groups excluding carboxylic acids is 1. The Morgan fingerprint density at radius 2 is 1.68 bits per heavy atom. The largest absolute Gasteiger partial charge is 0.444 e. The Kier molecular flexibility index (Phi) is 5.61. The van der Waals surface area contributed by atoms with Crippen LogP contribution in [0.25, 0.3) is 0 Å². The van der Waals surface area contributed by atoms with Crippen LogP contribution in [0.1, 0.15) is 59.3 Å². The first-order valence-electron chi connectivity index (χ1n) is 9.84. The van der Waals surface area contributed by atoms with Crippen molar-refractivity contribution in [3.8, 4) is 0 Å². The Morgan fingerprint density at radius 3 is 2.32 bits per heavy atom. The fourth-order valence-corrected chi connectivity index (χ4v) is 4.79. The maximum absolute atomic E-state index is 12.2. The topological polar surface area (TPSA) is 73.2 Å². The highest BCUT2D eigenvalue weighted by atomic mass is 16.6. The molecule has 0 radical (unpaired) electrons. The van der Waals surface area contributed by atoms with Crippen molar-refractivity contribution in [1.29, 1.82) is 0 Å². The third-order valence-corrected chi connectivity index (χ3v) is 6.08. The predicted octanol–water partition coefficient (Wildman–Crippen LogP) is 2.19. The van der Waals surface area contributed by atoms with Crippen molar-refractivity contribution in [1.82, 2.24) is 9.80 Å². The van der Waals surface area contributed by atoms with Crippen LogP contribution >= 0.6 is 0 Å². The molecular weight excluding hydrogens is 320 g/mol. The summed E-state index contributed by atoms with van der Waals surface area (Å²) in [5.74, 6) is 0.748. The zero-order chi connectivity index (χ0) is 18.2. The summed E-state index contributed by atoms with van der Waals surface area (Å²) in [6.45, 7) is 7.94. The number of amides is 1. The van der Waals surface area contributed by atoms with Gasteiger partial charge in [0.1, 0.15) is 11.8 Å². The molecule has 0 aromatic rings. The van der Waals surface area contributed by atoms with Gasteiger partial charge in [-0.3, -0.25) is 4.90 Å². The standard InChI is InChI=1S/C19H34N2O4/c1-19(2,3)25-18(24)20-9-7-14(8-10-20)21-11-6-13-12-15(22)4-5-16(13)17(21)23/h13-17,22-23H,4-12H2,1-3H3. The molecule has 1 amide bonds. The van der Waals surface area contributed by atoms with Crippen molar-refractivity contribution in [3.63, 3.8) is 0 Å². The number of piperidine rings is 2. The minimum absolute atomic E-state index is 0.183. The maximum atomic E-state index is 12.2. The second-order valence-corrected chi connectivity index (χ2v) is 9.03. The molecule has 4 unspecified atom stereocenters. The molecule has 1 aliphatic carbocycles. The van der Waals surface area contributed by atoms with Crippen LogP contribution in [-0.2, 0) is 4.74 Å². The molecule has 2 aliphatic heterocycles. The van der Waals surface area contributed by atoms with Gasteiger partial charge in [-0.15, -0.1) is 0 Å². The minimum Gasteiger partial charge on any atom is -0.444 e. The Hall–Kier alpha value is -0.850. The van der Waals surface area contributed by atoms with Crippen LogP contribution in [0.15, 0.2) is 0 Å². The molecule has 6 heteroatoms. The zero-order valence-corrected chi connectivity index (χ0v) is 15.9. The van der Waals surface area contributed by atoms with Crippen molar-refractivity contribution in [2.45, 2.75) is 83.3 Å².